The summed E-state index contributed by atoms with van der Waals surface area (Å²) in [6, 6.07) is 6.96. The van der Waals surface area contributed by atoms with Gasteiger partial charge in [-0.2, -0.15) is 0 Å². The van der Waals surface area contributed by atoms with E-state index in [1.165, 1.54) is 88.8 Å². The van der Waals surface area contributed by atoms with Gasteiger partial charge in [0, 0.05) is 4.90 Å². The van der Waals surface area contributed by atoms with E-state index in [1.807, 2.05) is 12.3 Å². The van der Waals surface area contributed by atoms with Crippen LogP contribution in [0.1, 0.15) is 101 Å². The van der Waals surface area contributed by atoms with Gasteiger partial charge in [-0.15, -0.1) is 11.8 Å². The highest BCUT2D eigenvalue weighted by molar-refractivity contribution is 7.98. The summed E-state index contributed by atoms with van der Waals surface area (Å²) in [7, 11) is 0. The van der Waals surface area contributed by atoms with E-state index in [2.05, 4.69) is 13.8 Å². The average Bonchev–Trinajstić information content (AvgIpc) is 2.63. The Morgan fingerprint density at radius 2 is 1.20 bits per heavy atom. The number of carboxylic acids is 1. The molecule has 0 amide bonds. The van der Waals surface area contributed by atoms with Crippen molar-refractivity contribution < 1.29 is 9.90 Å². The van der Waals surface area contributed by atoms with Crippen LogP contribution in [-0.2, 0) is 0 Å². The topological polar surface area (TPSA) is 37.3 Å². The van der Waals surface area contributed by atoms with Crippen molar-refractivity contribution in [2.75, 3.05) is 6.26 Å². The minimum atomic E-state index is -0.866. The molecule has 1 aromatic rings. The van der Waals surface area contributed by atoms with E-state index in [1.54, 1.807) is 18.2 Å². The third-order valence-electron chi connectivity index (χ3n) is 4.29. The zero-order chi connectivity index (χ0) is 18.8. The number of aromatic carboxylic acids is 1. The van der Waals surface area contributed by atoms with Crippen molar-refractivity contribution in [2.45, 2.75) is 95.8 Å². The Bertz CT molecular complexity index is 420. The van der Waals surface area contributed by atoms with Gasteiger partial charge in [-0.05, 0) is 18.4 Å². The maximum atomic E-state index is 10.6. The third-order valence-corrected chi connectivity index (χ3v) is 5.09. The van der Waals surface area contributed by atoms with Crippen LogP contribution < -0.4 is 0 Å². The number of benzene rings is 1. The molecule has 0 fully saturated rings. The fourth-order valence-electron chi connectivity index (χ4n) is 2.74. The predicted molar refractivity (Wildman–Crippen MR) is 112 cm³/mol. The highest BCUT2D eigenvalue weighted by Crippen LogP contribution is 2.19. The Morgan fingerprint density at radius 1 is 0.800 bits per heavy atom. The molecule has 0 aliphatic rings. The van der Waals surface area contributed by atoms with Crippen LogP contribution in [0.25, 0.3) is 0 Å². The molecule has 1 aromatic carbocycles. The maximum Gasteiger partial charge on any atom is 0.336 e. The van der Waals surface area contributed by atoms with E-state index in [0.717, 1.165) is 4.90 Å². The average molecular weight is 367 g/mol. The van der Waals surface area contributed by atoms with Crippen molar-refractivity contribution in [3.05, 3.63) is 29.8 Å². The van der Waals surface area contributed by atoms with Gasteiger partial charge in [-0.1, -0.05) is 103 Å². The molecule has 1 N–H and O–H groups in total. The molecule has 3 heteroatoms. The lowest BCUT2D eigenvalue weighted by Gasteiger charge is -2.01. The minimum Gasteiger partial charge on any atom is -0.478 e. The molecule has 25 heavy (non-hydrogen) atoms. The van der Waals surface area contributed by atoms with Gasteiger partial charge >= 0.3 is 5.97 Å². The molecule has 0 spiro atoms. The molecule has 144 valence electrons. The van der Waals surface area contributed by atoms with Crippen LogP contribution >= 0.6 is 11.8 Å². The van der Waals surface area contributed by atoms with E-state index >= 15 is 0 Å². The van der Waals surface area contributed by atoms with Crippen LogP contribution in [0.5, 0.6) is 0 Å². The predicted octanol–water partition coefficient (Wildman–Crippen LogP) is 7.81. The second-order valence-corrected chi connectivity index (χ2v) is 7.39. The number of carboxylic acid groups (broad SMARTS) is 1. The van der Waals surface area contributed by atoms with Gasteiger partial charge in [0.25, 0.3) is 0 Å². The molecule has 0 atom stereocenters. The summed E-state index contributed by atoms with van der Waals surface area (Å²) in [4.78, 5) is 11.4. The Morgan fingerprint density at radius 3 is 1.52 bits per heavy atom. The molecule has 1 rings (SSSR count). The van der Waals surface area contributed by atoms with Crippen molar-refractivity contribution in [2.24, 2.45) is 0 Å². The quantitative estimate of drug-likeness (QED) is 0.285. The smallest absolute Gasteiger partial charge is 0.336 e. The summed E-state index contributed by atoms with van der Waals surface area (Å²) in [6.07, 6.45) is 19.3. The molecule has 0 aliphatic heterocycles. The van der Waals surface area contributed by atoms with Gasteiger partial charge in [-0.25, -0.2) is 4.79 Å². The number of hydrogen-bond donors (Lipinski definition) is 1. The molecule has 0 aliphatic carbocycles. The first-order chi connectivity index (χ1) is 12.2. The lowest BCUT2D eigenvalue weighted by Crippen LogP contribution is -1.97. The monoisotopic (exact) mass is 366 g/mol. The van der Waals surface area contributed by atoms with Gasteiger partial charge in [0.2, 0.25) is 0 Å². The summed E-state index contributed by atoms with van der Waals surface area (Å²) in [5, 5.41) is 8.68. The van der Waals surface area contributed by atoms with Crippen LogP contribution in [-0.4, -0.2) is 17.3 Å². The van der Waals surface area contributed by atoms with Crippen LogP contribution in [0.15, 0.2) is 29.2 Å². The zero-order valence-electron chi connectivity index (χ0n) is 16.6. The largest absolute Gasteiger partial charge is 0.478 e. The highest BCUT2D eigenvalue weighted by Gasteiger charge is 2.06. The van der Waals surface area contributed by atoms with Gasteiger partial charge in [0.1, 0.15) is 0 Å². The minimum absolute atomic E-state index is 0.375. The first-order valence-electron chi connectivity index (χ1n) is 10.0. The molecule has 0 bridgehead atoms. The first kappa shape index (κ1) is 24.0. The highest BCUT2D eigenvalue weighted by atomic mass is 32.2. The van der Waals surface area contributed by atoms with Crippen LogP contribution in [0.4, 0.5) is 0 Å². The molecular formula is C22H38O2S. The van der Waals surface area contributed by atoms with Gasteiger partial charge < -0.3 is 5.11 Å². The van der Waals surface area contributed by atoms with Crippen molar-refractivity contribution in [1.82, 2.24) is 0 Å². The summed E-state index contributed by atoms with van der Waals surface area (Å²) >= 11 is 1.44. The molecule has 0 aromatic heterocycles. The van der Waals surface area contributed by atoms with Gasteiger partial charge in [-0.3, -0.25) is 0 Å². The zero-order valence-corrected chi connectivity index (χ0v) is 17.4. The molecule has 0 unspecified atom stereocenters. The maximum absolute atomic E-state index is 10.6. The number of unbranched alkanes of at least 4 members (excludes halogenated alkanes) is 11. The van der Waals surface area contributed by atoms with Gasteiger partial charge in [0.15, 0.2) is 0 Å². The lowest BCUT2D eigenvalue weighted by atomic mass is 10.1. The van der Waals surface area contributed by atoms with E-state index in [-0.39, 0.29) is 0 Å². The number of hydrogen-bond acceptors (Lipinski definition) is 2. The SMILES string of the molecule is CCCCCCCCCCCCCC.CSc1ccccc1C(=O)O. The van der Waals surface area contributed by atoms with E-state index in [0.29, 0.717) is 5.56 Å². The summed E-state index contributed by atoms with van der Waals surface area (Å²) < 4.78 is 0. The van der Waals surface area contributed by atoms with Crippen molar-refractivity contribution in [3.63, 3.8) is 0 Å². The Balaban J connectivity index is 0.000000472. The fraction of sp³-hybridized carbons (Fsp3) is 0.682. The summed E-state index contributed by atoms with van der Waals surface area (Å²) in [5.74, 6) is -0.866. The Kier molecular flexibility index (Phi) is 17.2. The normalized spacial score (nSPS) is 10.2. The lowest BCUT2D eigenvalue weighted by molar-refractivity contribution is 0.0693. The molecule has 0 saturated heterocycles. The molecule has 0 saturated carbocycles. The molecule has 2 nitrogen and oxygen atoms in total. The second kappa shape index (κ2) is 17.8. The van der Waals surface area contributed by atoms with Crippen molar-refractivity contribution >= 4 is 17.7 Å². The fourth-order valence-corrected chi connectivity index (χ4v) is 3.33. The third kappa shape index (κ3) is 13.9. The van der Waals surface area contributed by atoms with Crippen molar-refractivity contribution in [1.29, 1.82) is 0 Å². The van der Waals surface area contributed by atoms with E-state index in [4.69, 9.17) is 5.11 Å². The van der Waals surface area contributed by atoms with Crippen molar-refractivity contribution in [3.8, 4) is 0 Å². The standard InChI is InChI=1S/C14H30.C8H8O2S/c1-3-5-7-9-11-13-14-12-10-8-6-4-2;1-11-7-5-3-2-4-6(7)8(9)10/h3-14H2,1-2H3;2-5H,1H3,(H,9,10). The van der Waals surface area contributed by atoms with Crippen LogP contribution in [0.3, 0.4) is 0 Å². The first-order valence-corrected chi connectivity index (χ1v) is 11.3. The number of carbonyl (C=O) groups is 1. The molecular weight excluding hydrogens is 328 g/mol. The van der Waals surface area contributed by atoms with E-state index < -0.39 is 5.97 Å². The number of thioether (sulfide) groups is 1. The molecule has 0 heterocycles. The van der Waals surface area contributed by atoms with Gasteiger partial charge in [0.05, 0.1) is 5.56 Å². The summed E-state index contributed by atoms with van der Waals surface area (Å²) in [5.41, 5.74) is 0.375. The van der Waals surface area contributed by atoms with E-state index in [9.17, 15) is 4.79 Å². The van der Waals surface area contributed by atoms with Crippen LogP contribution in [0.2, 0.25) is 0 Å². The Labute approximate surface area is 159 Å². The Hall–Kier alpha value is -0.960. The second-order valence-electron chi connectivity index (χ2n) is 6.54. The van der Waals surface area contributed by atoms with Crippen LogP contribution in [0, 0.1) is 0 Å². The number of rotatable bonds is 13. The molecule has 0 radical (unpaired) electrons. The summed E-state index contributed by atoms with van der Waals surface area (Å²) in [6.45, 7) is 4.57.